The van der Waals surface area contributed by atoms with Gasteiger partial charge < -0.3 is 4.84 Å². The number of rotatable bonds is 5. The summed E-state index contributed by atoms with van der Waals surface area (Å²) in [6, 6.07) is 5.02. The van der Waals surface area contributed by atoms with E-state index in [-0.39, 0.29) is 6.61 Å². The second-order valence-electron chi connectivity index (χ2n) is 3.73. The van der Waals surface area contributed by atoms with Crippen molar-refractivity contribution < 1.29 is 27.6 Å². The van der Waals surface area contributed by atoms with E-state index in [9.17, 15) is 18.0 Å². The van der Waals surface area contributed by atoms with Gasteiger partial charge in [0.25, 0.3) is 0 Å². The lowest BCUT2D eigenvalue weighted by Gasteiger charge is -2.08. The van der Waals surface area contributed by atoms with Crippen molar-refractivity contribution in [3.63, 3.8) is 0 Å². The fraction of sp³-hybridized carbons (Fsp3) is 0.182. The summed E-state index contributed by atoms with van der Waals surface area (Å²) in [5.41, 5.74) is 2.02. The fourth-order valence-corrected chi connectivity index (χ4v) is 1.28. The molecule has 0 saturated carbocycles. The minimum atomic E-state index is -5.08. The molecule has 0 spiro atoms. The average Bonchev–Trinajstić information content (AvgIpc) is 2.97. The van der Waals surface area contributed by atoms with Crippen LogP contribution in [0, 0.1) is 0 Å². The van der Waals surface area contributed by atoms with Crippen LogP contribution < -0.4 is 5.64 Å². The predicted molar refractivity (Wildman–Crippen MR) is 61.4 cm³/mol. The van der Waals surface area contributed by atoms with Crippen LogP contribution in [0.5, 0.6) is 0 Å². The maximum atomic E-state index is 11.8. The number of pyridine rings is 1. The molecule has 0 aliphatic heterocycles. The molecule has 0 aliphatic rings. The molecule has 0 amide bonds. The number of nitrogens with zero attached hydrogens (tertiary/aromatic N) is 3. The molecule has 0 atom stereocenters. The van der Waals surface area contributed by atoms with Crippen LogP contribution in [0.4, 0.5) is 13.2 Å². The van der Waals surface area contributed by atoms with Gasteiger partial charge in [0.2, 0.25) is 0 Å². The highest BCUT2D eigenvalue weighted by Crippen LogP contribution is 2.15. The lowest BCUT2D eigenvalue weighted by atomic mass is 10.3. The molecule has 0 unspecified atom stereocenters. The SMILES string of the molecule is O=C(ONOCc1ccc(-n2cccn2)nc1)C(F)(F)F. The number of nitrogens with one attached hydrogen (secondary N) is 1. The van der Waals surface area contributed by atoms with E-state index >= 15 is 0 Å². The minimum absolute atomic E-state index is 0.141. The van der Waals surface area contributed by atoms with Crippen molar-refractivity contribution in [1.29, 1.82) is 0 Å². The molecule has 0 aromatic carbocycles. The molecule has 0 aliphatic carbocycles. The Labute approximate surface area is 116 Å². The van der Waals surface area contributed by atoms with E-state index in [2.05, 4.69) is 19.8 Å². The fourth-order valence-electron chi connectivity index (χ4n) is 1.28. The van der Waals surface area contributed by atoms with Crippen molar-refractivity contribution in [2.45, 2.75) is 12.8 Å². The Morgan fingerprint density at radius 1 is 1.38 bits per heavy atom. The molecule has 0 fully saturated rings. The van der Waals surface area contributed by atoms with E-state index in [1.54, 1.807) is 30.6 Å². The molecule has 21 heavy (non-hydrogen) atoms. The highest BCUT2D eigenvalue weighted by Gasteiger charge is 2.41. The van der Waals surface area contributed by atoms with E-state index in [0.29, 0.717) is 11.4 Å². The summed E-state index contributed by atoms with van der Waals surface area (Å²) in [5, 5.41) is 3.98. The summed E-state index contributed by atoms with van der Waals surface area (Å²) >= 11 is 0. The molecule has 112 valence electrons. The van der Waals surface area contributed by atoms with Gasteiger partial charge in [0.05, 0.1) is 6.61 Å². The summed E-state index contributed by atoms with van der Waals surface area (Å²) in [4.78, 5) is 22.6. The standard InChI is InChI=1S/C11H9F3N4O3/c12-11(13,14)10(19)21-17-20-7-8-2-3-9(15-6-8)18-5-1-4-16-18/h1-6,17H,7H2. The van der Waals surface area contributed by atoms with Gasteiger partial charge in [0.15, 0.2) is 5.82 Å². The lowest BCUT2D eigenvalue weighted by molar-refractivity contribution is -0.237. The third-order valence-corrected chi connectivity index (χ3v) is 2.21. The van der Waals surface area contributed by atoms with Crippen LogP contribution in [-0.4, -0.2) is 26.9 Å². The molecule has 2 aromatic rings. The molecule has 0 bridgehead atoms. The quantitative estimate of drug-likeness (QED) is 0.663. The Bertz CT molecular complexity index is 584. The van der Waals surface area contributed by atoms with Gasteiger partial charge in [-0.3, -0.25) is 4.84 Å². The van der Waals surface area contributed by atoms with Crippen molar-refractivity contribution in [3.8, 4) is 5.82 Å². The van der Waals surface area contributed by atoms with Crippen LogP contribution in [0.2, 0.25) is 0 Å². The van der Waals surface area contributed by atoms with E-state index in [4.69, 9.17) is 0 Å². The van der Waals surface area contributed by atoms with Crippen LogP contribution >= 0.6 is 0 Å². The lowest BCUT2D eigenvalue weighted by Crippen LogP contribution is -2.31. The Kier molecular flexibility index (Phi) is 4.50. The maximum absolute atomic E-state index is 11.8. The second kappa shape index (κ2) is 6.33. The zero-order valence-electron chi connectivity index (χ0n) is 10.4. The van der Waals surface area contributed by atoms with Crippen molar-refractivity contribution >= 4 is 5.97 Å². The highest BCUT2D eigenvalue weighted by atomic mass is 19.4. The summed E-state index contributed by atoms with van der Waals surface area (Å²) < 4.78 is 36.9. The van der Waals surface area contributed by atoms with Crippen LogP contribution in [0.3, 0.4) is 0 Å². The Morgan fingerprint density at radius 2 is 2.19 bits per heavy atom. The molecule has 2 rings (SSSR count). The Hall–Kier alpha value is -2.46. The van der Waals surface area contributed by atoms with E-state index < -0.39 is 12.1 Å². The third-order valence-electron chi connectivity index (χ3n) is 2.21. The smallest absolute Gasteiger partial charge is 0.337 e. The van der Waals surface area contributed by atoms with Gasteiger partial charge in [0.1, 0.15) is 0 Å². The van der Waals surface area contributed by atoms with Crippen molar-refractivity contribution in [2.24, 2.45) is 0 Å². The molecular weight excluding hydrogens is 293 g/mol. The van der Waals surface area contributed by atoms with E-state index in [1.165, 1.54) is 16.5 Å². The molecular formula is C11H9F3N4O3. The number of carbonyl (C=O) groups is 1. The van der Waals surface area contributed by atoms with E-state index in [0.717, 1.165) is 0 Å². The number of hydrogen-bond acceptors (Lipinski definition) is 6. The summed E-state index contributed by atoms with van der Waals surface area (Å²) in [6.07, 6.45) is -0.331. The van der Waals surface area contributed by atoms with Crippen LogP contribution in [0.15, 0.2) is 36.8 Å². The molecule has 7 nitrogen and oxygen atoms in total. The van der Waals surface area contributed by atoms with Crippen LogP contribution in [0.25, 0.3) is 5.82 Å². The predicted octanol–water partition coefficient (Wildman–Crippen LogP) is 1.31. The molecule has 0 radical (unpaired) electrons. The highest BCUT2D eigenvalue weighted by molar-refractivity contribution is 5.75. The van der Waals surface area contributed by atoms with Crippen molar-refractivity contribution in [2.75, 3.05) is 0 Å². The summed E-state index contributed by atoms with van der Waals surface area (Å²) in [7, 11) is 0. The summed E-state index contributed by atoms with van der Waals surface area (Å²) in [6.45, 7) is -0.141. The van der Waals surface area contributed by atoms with Gasteiger partial charge in [-0.05, 0) is 23.3 Å². The van der Waals surface area contributed by atoms with Gasteiger partial charge in [-0.15, -0.1) is 0 Å². The number of carbonyl (C=O) groups excluding carboxylic acids is 1. The minimum Gasteiger partial charge on any atom is -0.337 e. The van der Waals surface area contributed by atoms with Crippen molar-refractivity contribution in [3.05, 3.63) is 42.4 Å². The molecule has 1 N–H and O–H groups in total. The Morgan fingerprint density at radius 3 is 2.76 bits per heavy atom. The molecule has 0 saturated heterocycles. The first-order chi connectivity index (χ1) is 9.97. The topological polar surface area (TPSA) is 78.3 Å². The first-order valence-corrected chi connectivity index (χ1v) is 5.56. The number of alkyl halides is 3. The number of hydrogen-bond donors (Lipinski definition) is 1. The number of halogens is 3. The monoisotopic (exact) mass is 302 g/mol. The first kappa shape index (κ1) is 14.9. The average molecular weight is 302 g/mol. The zero-order chi connectivity index (χ0) is 15.3. The summed E-state index contributed by atoms with van der Waals surface area (Å²) in [5.74, 6) is -1.82. The number of aromatic nitrogens is 3. The largest absolute Gasteiger partial charge is 0.492 e. The molecule has 2 heterocycles. The zero-order valence-corrected chi connectivity index (χ0v) is 10.4. The van der Waals surface area contributed by atoms with Gasteiger partial charge in [-0.1, -0.05) is 6.07 Å². The molecule has 2 aromatic heterocycles. The molecule has 10 heteroatoms. The third kappa shape index (κ3) is 4.26. The second-order valence-corrected chi connectivity index (χ2v) is 3.73. The normalized spacial score (nSPS) is 11.4. The van der Waals surface area contributed by atoms with Gasteiger partial charge in [-0.2, -0.15) is 18.3 Å². The van der Waals surface area contributed by atoms with E-state index in [1.807, 2.05) is 0 Å². The van der Waals surface area contributed by atoms with Crippen LogP contribution in [0.1, 0.15) is 5.56 Å². The van der Waals surface area contributed by atoms with Gasteiger partial charge in [-0.25, -0.2) is 14.5 Å². The van der Waals surface area contributed by atoms with Crippen LogP contribution in [-0.2, 0) is 21.1 Å². The van der Waals surface area contributed by atoms with Crippen molar-refractivity contribution in [1.82, 2.24) is 20.4 Å². The van der Waals surface area contributed by atoms with Gasteiger partial charge >= 0.3 is 12.1 Å². The van der Waals surface area contributed by atoms with Gasteiger partial charge in [0, 0.05) is 18.6 Å². The Balaban J connectivity index is 1.78. The first-order valence-electron chi connectivity index (χ1n) is 5.56. The maximum Gasteiger partial charge on any atom is 0.492 e.